The van der Waals surface area contributed by atoms with Crippen molar-refractivity contribution in [3.05, 3.63) is 113 Å². The fourth-order valence-corrected chi connectivity index (χ4v) is 7.09. The van der Waals surface area contributed by atoms with Crippen molar-refractivity contribution in [2.24, 2.45) is 0 Å². The lowest BCUT2D eigenvalue weighted by Gasteiger charge is -2.35. The Kier molecular flexibility index (Phi) is 12.4. The monoisotopic (exact) mass is 721 g/mol. The second kappa shape index (κ2) is 16.3. The average molecular weight is 722 g/mol. The first-order chi connectivity index (χ1) is 23.7. The van der Waals surface area contributed by atoms with Gasteiger partial charge in [0.25, 0.3) is 10.0 Å². The molecule has 1 atom stereocenters. The quantitative estimate of drug-likeness (QED) is 0.160. The molecule has 50 heavy (non-hydrogen) atoms. The van der Waals surface area contributed by atoms with E-state index in [2.05, 4.69) is 5.32 Å². The predicted molar refractivity (Wildman–Crippen MR) is 196 cm³/mol. The fourth-order valence-electron chi connectivity index (χ4n) is 5.49. The summed E-state index contributed by atoms with van der Waals surface area (Å²) in [6, 6.07) is 24.6. The summed E-state index contributed by atoms with van der Waals surface area (Å²) in [6.07, 6.45) is 0.184. The van der Waals surface area contributed by atoms with Crippen molar-refractivity contribution in [2.45, 2.75) is 57.1 Å². The molecule has 0 unspecified atom stereocenters. The van der Waals surface area contributed by atoms with Crippen molar-refractivity contribution in [3.63, 3.8) is 0 Å². The molecule has 0 saturated carbocycles. The van der Waals surface area contributed by atoms with Gasteiger partial charge in [0.1, 0.15) is 18.3 Å². The summed E-state index contributed by atoms with van der Waals surface area (Å²) in [4.78, 5) is 30.2. The maximum absolute atomic E-state index is 14.8. The molecular formula is C38H44ClN3O7S. The molecule has 4 aromatic carbocycles. The van der Waals surface area contributed by atoms with Gasteiger partial charge in [0.15, 0.2) is 11.5 Å². The molecule has 0 bridgehead atoms. The lowest BCUT2D eigenvalue weighted by Crippen LogP contribution is -2.56. The maximum Gasteiger partial charge on any atom is 0.265 e. The van der Waals surface area contributed by atoms with E-state index in [1.54, 1.807) is 6.07 Å². The predicted octanol–water partition coefficient (Wildman–Crippen LogP) is 6.42. The summed E-state index contributed by atoms with van der Waals surface area (Å²) >= 11 is 6.40. The first-order valence-electron chi connectivity index (χ1n) is 16.0. The van der Waals surface area contributed by atoms with Crippen LogP contribution in [0.5, 0.6) is 17.2 Å². The summed E-state index contributed by atoms with van der Waals surface area (Å²) in [7, 11) is -0.257. The summed E-state index contributed by atoms with van der Waals surface area (Å²) in [5.74, 6) is -0.324. The Labute approximate surface area is 300 Å². The van der Waals surface area contributed by atoms with E-state index in [9.17, 15) is 18.0 Å². The fraction of sp³-hybridized carbons (Fsp3) is 0.316. The molecule has 4 rings (SSSR count). The first kappa shape index (κ1) is 38.1. The van der Waals surface area contributed by atoms with Crippen molar-refractivity contribution in [2.75, 3.05) is 32.2 Å². The number of sulfonamides is 1. The Morgan fingerprint density at radius 1 is 0.800 bits per heavy atom. The third-order valence-corrected chi connectivity index (χ3v) is 9.83. The van der Waals surface area contributed by atoms with Crippen LogP contribution in [0.15, 0.2) is 95.9 Å². The Morgan fingerprint density at radius 3 is 2.06 bits per heavy atom. The van der Waals surface area contributed by atoms with E-state index < -0.39 is 34.1 Å². The van der Waals surface area contributed by atoms with Gasteiger partial charge in [0, 0.05) is 29.6 Å². The lowest BCUT2D eigenvalue weighted by atomic mass is 10.0. The van der Waals surface area contributed by atoms with Crippen LogP contribution in [-0.2, 0) is 32.6 Å². The van der Waals surface area contributed by atoms with Crippen LogP contribution in [0.25, 0.3) is 0 Å². The van der Waals surface area contributed by atoms with Crippen LogP contribution in [0.4, 0.5) is 5.69 Å². The van der Waals surface area contributed by atoms with Crippen molar-refractivity contribution >= 4 is 39.1 Å². The molecule has 0 heterocycles. The van der Waals surface area contributed by atoms with Crippen LogP contribution in [0, 0.1) is 6.92 Å². The molecule has 266 valence electrons. The van der Waals surface area contributed by atoms with E-state index in [1.165, 1.54) is 56.6 Å². The number of ether oxygens (including phenoxy) is 3. The van der Waals surface area contributed by atoms with E-state index in [0.717, 1.165) is 21.0 Å². The van der Waals surface area contributed by atoms with Gasteiger partial charge >= 0.3 is 0 Å². The zero-order chi connectivity index (χ0) is 36.6. The third kappa shape index (κ3) is 9.48. The van der Waals surface area contributed by atoms with Crippen LogP contribution in [0.3, 0.4) is 0 Å². The molecule has 4 aromatic rings. The summed E-state index contributed by atoms with van der Waals surface area (Å²) in [5.41, 5.74) is 2.00. The third-order valence-electron chi connectivity index (χ3n) is 7.84. The molecular weight excluding hydrogens is 678 g/mol. The molecule has 0 aliphatic rings. The smallest absolute Gasteiger partial charge is 0.265 e. The number of methoxy groups -OCH3 is 3. The first-order valence-corrected chi connectivity index (χ1v) is 17.8. The molecule has 0 saturated heterocycles. The topological polar surface area (TPSA) is 114 Å². The zero-order valence-electron chi connectivity index (χ0n) is 29.4. The number of nitrogens with one attached hydrogen (secondary N) is 1. The molecule has 0 aliphatic carbocycles. The van der Waals surface area contributed by atoms with Crippen LogP contribution in [-0.4, -0.2) is 64.6 Å². The van der Waals surface area contributed by atoms with E-state index in [4.69, 9.17) is 25.8 Å². The largest absolute Gasteiger partial charge is 0.495 e. The van der Waals surface area contributed by atoms with Gasteiger partial charge in [-0.1, -0.05) is 71.8 Å². The van der Waals surface area contributed by atoms with E-state index in [1.807, 2.05) is 82.3 Å². The highest BCUT2D eigenvalue weighted by Crippen LogP contribution is 2.37. The summed E-state index contributed by atoms with van der Waals surface area (Å²) < 4.78 is 46.4. The number of rotatable bonds is 14. The van der Waals surface area contributed by atoms with Crippen LogP contribution in [0.2, 0.25) is 5.02 Å². The maximum atomic E-state index is 14.8. The summed E-state index contributed by atoms with van der Waals surface area (Å²) in [6.45, 7) is 6.87. The number of hydrogen-bond acceptors (Lipinski definition) is 7. The van der Waals surface area contributed by atoms with Crippen LogP contribution in [0.1, 0.15) is 37.5 Å². The number of carbonyl (C=O) groups is 2. The minimum atomic E-state index is -4.49. The van der Waals surface area contributed by atoms with Gasteiger partial charge in [-0.2, -0.15) is 0 Å². The number of amides is 2. The normalized spacial score (nSPS) is 12.1. The van der Waals surface area contributed by atoms with Gasteiger partial charge in [-0.05, 0) is 69.2 Å². The molecule has 0 aliphatic heterocycles. The van der Waals surface area contributed by atoms with Gasteiger partial charge < -0.3 is 24.4 Å². The minimum absolute atomic E-state index is 0.0342. The van der Waals surface area contributed by atoms with Crippen molar-refractivity contribution in [3.8, 4) is 17.2 Å². The van der Waals surface area contributed by atoms with Crippen LogP contribution < -0.4 is 23.8 Å². The minimum Gasteiger partial charge on any atom is -0.495 e. The SMILES string of the molecule is COc1ccc(S(=O)(=O)N(CC(=O)N(Cc2cccc(C)c2)[C@@H](Cc2ccccc2)C(=O)NC(C)(C)C)c2cc(Cl)ccc2OC)cc1OC. The number of nitrogens with zero attached hydrogens (tertiary/aromatic N) is 2. The molecule has 0 radical (unpaired) electrons. The van der Waals surface area contributed by atoms with Crippen molar-refractivity contribution in [1.29, 1.82) is 0 Å². The zero-order valence-corrected chi connectivity index (χ0v) is 31.0. The standard InChI is InChI=1S/C38H44ClN3O7S/c1-26-12-11-15-28(20-26)24-41(32(37(44)40-38(2,3)4)21-27-13-9-8-10-14-27)36(43)25-42(31-22-29(39)16-18-33(31)47-5)50(45,46)30-17-19-34(48-6)35(23-30)49-7/h8-20,22-23,32H,21,24-25H2,1-7H3,(H,40,44)/t32-/m0/s1. The molecule has 10 nitrogen and oxygen atoms in total. The van der Waals surface area contributed by atoms with Gasteiger partial charge in [0.05, 0.1) is 31.9 Å². The highest BCUT2D eigenvalue weighted by atomic mass is 35.5. The number of carbonyl (C=O) groups excluding carboxylic acids is 2. The van der Waals surface area contributed by atoms with Gasteiger partial charge in [-0.15, -0.1) is 0 Å². The lowest BCUT2D eigenvalue weighted by molar-refractivity contribution is -0.140. The summed E-state index contributed by atoms with van der Waals surface area (Å²) in [5, 5.41) is 3.26. The molecule has 12 heteroatoms. The average Bonchev–Trinajstić information content (AvgIpc) is 3.07. The number of aryl methyl sites for hydroxylation is 1. The highest BCUT2D eigenvalue weighted by Gasteiger charge is 2.37. The van der Waals surface area contributed by atoms with Crippen molar-refractivity contribution in [1.82, 2.24) is 10.2 Å². The second-order valence-electron chi connectivity index (χ2n) is 12.8. The number of benzene rings is 4. The van der Waals surface area contributed by atoms with E-state index in [-0.39, 0.29) is 46.0 Å². The molecule has 1 N–H and O–H groups in total. The van der Waals surface area contributed by atoms with Crippen LogP contribution >= 0.6 is 11.6 Å². The van der Waals surface area contributed by atoms with Gasteiger partial charge in [-0.25, -0.2) is 8.42 Å². The Bertz CT molecular complexity index is 1910. The number of hydrogen-bond donors (Lipinski definition) is 1. The Morgan fingerprint density at radius 2 is 1.44 bits per heavy atom. The number of halogens is 1. The van der Waals surface area contributed by atoms with Crippen molar-refractivity contribution < 1.29 is 32.2 Å². The Hall–Kier alpha value is -4.74. The van der Waals surface area contributed by atoms with E-state index in [0.29, 0.717) is 5.75 Å². The highest BCUT2D eigenvalue weighted by molar-refractivity contribution is 7.92. The molecule has 0 spiro atoms. The van der Waals surface area contributed by atoms with Gasteiger partial charge in [0.2, 0.25) is 11.8 Å². The van der Waals surface area contributed by atoms with Gasteiger partial charge in [-0.3, -0.25) is 13.9 Å². The second-order valence-corrected chi connectivity index (χ2v) is 15.1. The van der Waals surface area contributed by atoms with E-state index >= 15 is 0 Å². The number of anilines is 1. The molecule has 0 fully saturated rings. The molecule has 2 amide bonds. The molecule has 0 aromatic heterocycles. The Balaban J connectivity index is 1.90.